The maximum Gasteiger partial charge on any atom is 0.181 e. The highest BCUT2D eigenvalue weighted by molar-refractivity contribution is 14.1. The van der Waals surface area contributed by atoms with E-state index in [1.807, 2.05) is 13.0 Å². The van der Waals surface area contributed by atoms with Crippen LogP contribution in [0, 0.1) is 3.57 Å². The predicted molar refractivity (Wildman–Crippen MR) is 87.5 cm³/mol. The maximum atomic E-state index is 4.49. The van der Waals surface area contributed by atoms with Gasteiger partial charge in [0.2, 0.25) is 0 Å². The Labute approximate surface area is 135 Å². The lowest BCUT2D eigenvalue weighted by molar-refractivity contribution is 1.08. The Bertz CT molecular complexity index is 577. The first-order valence-corrected chi connectivity index (χ1v) is 7.86. The highest BCUT2D eigenvalue weighted by atomic mass is 127. The van der Waals surface area contributed by atoms with Crippen molar-refractivity contribution in [3.05, 3.63) is 31.0 Å². The Kier molecular flexibility index (Phi) is 4.91. The molecule has 18 heavy (non-hydrogen) atoms. The summed E-state index contributed by atoms with van der Waals surface area (Å²) in [6, 6.07) is 1.93. The van der Waals surface area contributed by atoms with Gasteiger partial charge in [-0.3, -0.25) is 4.98 Å². The van der Waals surface area contributed by atoms with Crippen LogP contribution in [-0.2, 0) is 0 Å². The molecule has 0 saturated heterocycles. The lowest BCUT2D eigenvalue weighted by atomic mass is 10.3. The maximum absolute atomic E-state index is 4.49. The summed E-state index contributed by atoms with van der Waals surface area (Å²) in [6.07, 6.45) is 3.52. The van der Waals surface area contributed by atoms with Gasteiger partial charge in [0.1, 0.15) is 11.5 Å². The van der Waals surface area contributed by atoms with Crippen LogP contribution in [0.15, 0.2) is 27.4 Å². The number of pyridine rings is 1. The van der Waals surface area contributed by atoms with Gasteiger partial charge < -0.3 is 5.32 Å². The summed E-state index contributed by atoms with van der Waals surface area (Å²) < 4.78 is 2.77. The van der Waals surface area contributed by atoms with Crippen molar-refractivity contribution < 1.29 is 0 Å². The predicted octanol–water partition coefficient (Wildman–Crippen LogP) is 4.10. The molecule has 0 aromatic carbocycles. The van der Waals surface area contributed by atoms with Crippen LogP contribution in [0.3, 0.4) is 0 Å². The van der Waals surface area contributed by atoms with E-state index in [0.717, 1.165) is 30.6 Å². The van der Waals surface area contributed by atoms with E-state index in [4.69, 9.17) is 0 Å². The van der Waals surface area contributed by atoms with Crippen LogP contribution in [0.4, 0.5) is 5.82 Å². The Balaban J connectivity index is 2.47. The number of hydrogen-bond donors (Lipinski definition) is 1. The average molecular weight is 484 g/mol. The van der Waals surface area contributed by atoms with Crippen molar-refractivity contribution >= 4 is 60.3 Å². The standard InChI is InChI=1S/C11H9Br2IN4/c1-2-15-10-8(14)5-17-11(18-10)9-7(13)3-6(12)4-16-9/h3-5H,2H2,1H3,(H,15,17,18). The Morgan fingerprint density at radius 1 is 1.28 bits per heavy atom. The fraction of sp³-hybridized carbons (Fsp3) is 0.182. The van der Waals surface area contributed by atoms with Gasteiger partial charge in [-0.1, -0.05) is 0 Å². The summed E-state index contributed by atoms with van der Waals surface area (Å²) in [5, 5.41) is 3.21. The van der Waals surface area contributed by atoms with E-state index >= 15 is 0 Å². The van der Waals surface area contributed by atoms with Crippen LogP contribution in [0.25, 0.3) is 11.5 Å². The highest BCUT2D eigenvalue weighted by Gasteiger charge is 2.11. The van der Waals surface area contributed by atoms with Crippen molar-refractivity contribution in [1.82, 2.24) is 15.0 Å². The van der Waals surface area contributed by atoms with Gasteiger partial charge >= 0.3 is 0 Å². The molecule has 0 bridgehead atoms. The van der Waals surface area contributed by atoms with Crippen molar-refractivity contribution in [3.8, 4) is 11.5 Å². The van der Waals surface area contributed by atoms with E-state index < -0.39 is 0 Å². The summed E-state index contributed by atoms with van der Waals surface area (Å²) in [6.45, 7) is 2.85. The van der Waals surface area contributed by atoms with E-state index in [-0.39, 0.29) is 0 Å². The normalized spacial score (nSPS) is 10.4. The zero-order valence-electron chi connectivity index (χ0n) is 9.41. The second-order valence-corrected chi connectivity index (χ2v) is 6.34. The van der Waals surface area contributed by atoms with Gasteiger partial charge in [0, 0.05) is 27.9 Å². The molecule has 0 saturated carbocycles. The van der Waals surface area contributed by atoms with E-state index in [9.17, 15) is 0 Å². The summed E-state index contributed by atoms with van der Waals surface area (Å²) in [5.74, 6) is 1.44. The number of anilines is 1. The Hall–Kier alpha value is -0.280. The molecule has 1 N–H and O–H groups in total. The summed E-state index contributed by atoms with van der Waals surface area (Å²) in [5.41, 5.74) is 0.730. The molecule has 2 aromatic heterocycles. The minimum absolute atomic E-state index is 0.603. The SMILES string of the molecule is CCNc1nc(-c2ncc(Br)cc2Br)ncc1I. The third-order valence-corrected chi connectivity index (χ3v) is 3.94. The third kappa shape index (κ3) is 3.18. The minimum Gasteiger partial charge on any atom is -0.369 e. The topological polar surface area (TPSA) is 50.7 Å². The summed E-state index contributed by atoms with van der Waals surface area (Å²) in [4.78, 5) is 13.1. The quantitative estimate of drug-likeness (QED) is 0.668. The summed E-state index contributed by atoms with van der Waals surface area (Å²) in [7, 11) is 0. The van der Waals surface area contributed by atoms with E-state index in [1.165, 1.54) is 0 Å². The van der Waals surface area contributed by atoms with Gasteiger partial charge in [-0.25, -0.2) is 9.97 Å². The van der Waals surface area contributed by atoms with Gasteiger partial charge in [0.15, 0.2) is 5.82 Å². The lowest BCUT2D eigenvalue weighted by Crippen LogP contribution is -2.04. The molecule has 2 rings (SSSR count). The first kappa shape index (κ1) is 14.1. The van der Waals surface area contributed by atoms with Crippen LogP contribution < -0.4 is 5.32 Å². The van der Waals surface area contributed by atoms with Crippen molar-refractivity contribution in [3.63, 3.8) is 0 Å². The molecule has 0 spiro atoms. The molecule has 0 fully saturated rings. The average Bonchev–Trinajstić information content (AvgIpc) is 2.33. The van der Waals surface area contributed by atoms with Crippen LogP contribution >= 0.6 is 54.5 Å². The molecule has 0 aliphatic carbocycles. The van der Waals surface area contributed by atoms with Gasteiger partial charge in [-0.05, 0) is 67.4 Å². The first-order valence-electron chi connectivity index (χ1n) is 5.19. The molecule has 0 aliphatic heterocycles. The molecule has 2 heterocycles. The van der Waals surface area contributed by atoms with Gasteiger partial charge in [0.25, 0.3) is 0 Å². The molecule has 0 radical (unpaired) electrons. The van der Waals surface area contributed by atoms with Gasteiger partial charge in [0.05, 0.1) is 3.57 Å². The first-order chi connectivity index (χ1) is 8.61. The smallest absolute Gasteiger partial charge is 0.181 e. The highest BCUT2D eigenvalue weighted by Crippen LogP contribution is 2.27. The number of hydrogen-bond acceptors (Lipinski definition) is 4. The Morgan fingerprint density at radius 3 is 2.72 bits per heavy atom. The molecule has 0 amide bonds. The second-order valence-electron chi connectivity index (χ2n) is 3.40. The third-order valence-electron chi connectivity index (χ3n) is 2.11. The lowest BCUT2D eigenvalue weighted by Gasteiger charge is -2.08. The molecule has 4 nitrogen and oxygen atoms in total. The molecule has 2 aromatic rings. The number of halogens is 3. The van der Waals surface area contributed by atoms with Crippen LogP contribution in [0.1, 0.15) is 6.92 Å². The van der Waals surface area contributed by atoms with Crippen LogP contribution in [0.2, 0.25) is 0 Å². The zero-order chi connectivity index (χ0) is 13.1. The molecule has 0 atom stereocenters. The van der Waals surface area contributed by atoms with E-state index in [0.29, 0.717) is 5.82 Å². The molecule has 0 aliphatic rings. The number of rotatable bonds is 3. The minimum atomic E-state index is 0.603. The molecule has 94 valence electrons. The van der Waals surface area contributed by atoms with Crippen molar-refractivity contribution in [2.45, 2.75) is 6.92 Å². The largest absolute Gasteiger partial charge is 0.369 e. The van der Waals surface area contributed by atoms with Crippen LogP contribution in [-0.4, -0.2) is 21.5 Å². The number of nitrogens with zero attached hydrogens (tertiary/aromatic N) is 3. The number of nitrogens with one attached hydrogen (secondary N) is 1. The van der Waals surface area contributed by atoms with Gasteiger partial charge in [-0.15, -0.1) is 0 Å². The monoisotopic (exact) mass is 482 g/mol. The van der Waals surface area contributed by atoms with Gasteiger partial charge in [-0.2, -0.15) is 0 Å². The van der Waals surface area contributed by atoms with Crippen molar-refractivity contribution in [1.29, 1.82) is 0 Å². The zero-order valence-corrected chi connectivity index (χ0v) is 14.7. The second kappa shape index (κ2) is 6.25. The summed E-state index contributed by atoms with van der Waals surface area (Å²) >= 11 is 9.05. The fourth-order valence-electron chi connectivity index (χ4n) is 1.35. The molecular weight excluding hydrogens is 475 g/mol. The van der Waals surface area contributed by atoms with E-state index in [2.05, 4.69) is 74.7 Å². The molecule has 0 unspecified atom stereocenters. The van der Waals surface area contributed by atoms with Crippen molar-refractivity contribution in [2.24, 2.45) is 0 Å². The Morgan fingerprint density at radius 2 is 2.06 bits per heavy atom. The molecule has 7 heteroatoms. The van der Waals surface area contributed by atoms with E-state index in [1.54, 1.807) is 12.4 Å². The van der Waals surface area contributed by atoms with Crippen molar-refractivity contribution in [2.75, 3.05) is 11.9 Å². The van der Waals surface area contributed by atoms with Crippen LogP contribution in [0.5, 0.6) is 0 Å². The number of aromatic nitrogens is 3. The fourth-order valence-corrected chi connectivity index (χ4v) is 2.97. The molecular formula is C11H9Br2IN4.